The minimum atomic E-state index is -2.40. The summed E-state index contributed by atoms with van der Waals surface area (Å²) >= 11 is 0. The molecule has 0 amide bonds. The molecule has 0 bridgehead atoms. The van der Waals surface area contributed by atoms with Gasteiger partial charge in [-0.1, -0.05) is 0 Å². The topological polar surface area (TPSA) is 241 Å². The van der Waals surface area contributed by atoms with Gasteiger partial charge >= 0.3 is 41.8 Å². The predicted octanol–water partition coefficient (Wildman–Crippen LogP) is 0.662. The molecule has 1 saturated carbocycles. The number of ether oxygens (including phenoxy) is 11. The number of rotatable bonds is 13. The van der Waals surface area contributed by atoms with Gasteiger partial charge in [0.05, 0.1) is 24.9 Å². The summed E-state index contributed by atoms with van der Waals surface area (Å²) in [4.78, 5) is 86.6. The van der Waals surface area contributed by atoms with E-state index < -0.39 is 122 Å². The van der Waals surface area contributed by atoms with E-state index in [1.54, 1.807) is 0 Å². The Balaban J connectivity index is 1.79. The van der Waals surface area contributed by atoms with Gasteiger partial charge in [0.15, 0.2) is 24.4 Å². The van der Waals surface area contributed by atoms with Gasteiger partial charge < -0.3 is 57.2 Å². The first-order chi connectivity index (χ1) is 25.4. The van der Waals surface area contributed by atoms with E-state index in [1.807, 2.05) is 0 Å². The molecule has 1 saturated heterocycles. The quantitative estimate of drug-likeness (QED) is 0.214. The molecule has 4 rings (SSSR count). The molecule has 1 aliphatic carbocycles. The van der Waals surface area contributed by atoms with Crippen molar-refractivity contribution in [1.82, 2.24) is 0 Å². The first-order valence-corrected chi connectivity index (χ1v) is 16.6. The number of benzene rings is 1. The number of esters is 7. The largest absolute Gasteiger partial charge is 0.497 e. The van der Waals surface area contributed by atoms with Crippen LogP contribution in [-0.2, 0) is 76.1 Å². The first-order valence-electron chi connectivity index (χ1n) is 16.6. The fourth-order valence-electron chi connectivity index (χ4n) is 6.51. The predicted molar refractivity (Wildman–Crippen MR) is 173 cm³/mol. The third kappa shape index (κ3) is 9.83. The standard InChI is InChI=1S/C35H42O19/c1-16(36)46-14-25-28(48-18(3)38)29(49-19(4)39)30(50-20(5)40)34(52-25)54-33-26-24(12-13-45-33)27(53-32(42)22-8-10-23(44-7)11-9-22)31(51-21(6)41)35(26,43)15-47-17(2)37/h8-13,24-31,33-34,43H,14-15H2,1-7H3/t24-,25-,26-,27+,28-,29+,30-,31-,33-,34+,35-/m1/s1. The molecule has 0 aromatic heterocycles. The minimum absolute atomic E-state index is 0.0747. The van der Waals surface area contributed by atoms with Crippen molar-refractivity contribution >= 4 is 41.8 Å². The molecule has 1 N–H and O–H groups in total. The number of hydrogen-bond donors (Lipinski definition) is 1. The number of hydrogen-bond acceptors (Lipinski definition) is 19. The molecule has 0 spiro atoms. The number of aliphatic hydroxyl groups is 1. The average Bonchev–Trinajstić information content (AvgIpc) is 3.31. The van der Waals surface area contributed by atoms with Crippen LogP contribution < -0.4 is 4.74 Å². The second kappa shape index (κ2) is 17.7. The maximum absolute atomic E-state index is 13.5. The van der Waals surface area contributed by atoms with Crippen LogP contribution in [0.1, 0.15) is 51.9 Å². The summed E-state index contributed by atoms with van der Waals surface area (Å²) in [6.07, 6.45) is -10.2. The molecule has 3 aliphatic rings. The fourth-order valence-corrected chi connectivity index (χ4v) is 6.51. The van der Waals surface area contributed by atoms with Crippen LogP contribution in [0.4, 0.5) is 0 Å². The van der Waals surface area contributed by atoms with Crippen molar-refractivity contribution in [2.75, 3.05) is 20.3 Å². The number of fused-ring (bicyclic) bond motifs is 1. The third-order valence-corrected chi connectivity index (χ3v) is 8.55. The van der Waals surface area contributed by atoms with Crippen LogP contribution >= 0.6 is 0 Å². The summed E-state index contributed by atoms with van der Waals surface area (Å²) in [5, 5.41) is 12.4. The normalized spacial score (nSPS) is 31.0. The Morgan fingerprint density at radius 2 is 1.26 bits per heavy atom. The van der Waals surface area contributed by atoms with Crippen LogP contribution in [0, 0.1) is 11.8 Å². The van der Waals surface area contributed by atoms with E-state index in [2.05, 4.69) is 0 Å². The molecule has 0 unspecified atom stereocenters. The smallest absolute Gasteiger partial charge is 0.338 e. The average molecular weight is 767 g/mol. The van der Waals surface area contributed by atoms with E-state index in [-0.39, 0.29) is 5.56 Å². The van der Waals surface area contributed by atoms with Crippen molar-refractivity contribution < 1.29 is 90.8 Å². The van der Waals surface area contributed by atoms with Crippen molar-refractivity contribution in [2.24, 2.45) is 11.8 Å². The second-order valence-corrected chi connectivity index (χ2v) is 12.5. The molecule has 1 aromatic carbocycles. The van der Waals surface area contributed by atoms with Crippen LogP contribution in [0.15, 0.2) is 36.6 Å². The lowest BCUT2D eigenvalue weighted by Crippen LogP contribution is -2.64. The number of carbonyl (C=O) groups excluding carboxylic acids is 7. The molecular weight excluding hydrogens is 724 g/mol. The Bertz CT molecular complexity index is 1610. The molecule has 19 heteroatoms. The number of carbonyl (C=O) groups is 7. The summed E-state index contributed by atoms with van der Waals surface area (Å²) in [7, 11) is 1.44. The molecule has 11 atom stereocenters. The zero-order valence-electron chi connectivity index (χ0n) is 30.4. The van der Waals surface area contributed by atoms with E-state index in [9.17, 15) is 38.7 Å². The molecule has 19 nitrogen and oxygen atoms in total. The summed E-state index contributed by atoms with van der Waals surface area (Å²) in [5.41, 5.74) is -2.33. The summed E-state index contributed by atoms with van der Waals surface area (Å²) < 4.78 is 61.4. The van der Waals surface area contributed by atoms with Gasteiger partial charge in [-0.15, -0.1) is 0 Å². The van der Waals surface area contributed by atoms with Crippen molar-refractivity contribution in [3.8, 4) is 5.75 Å². The maximum atomic E-state index is 13.5. The molecular formula is C35H42O19. The van der Waals surface area contributed by atoms with Crippen molar-refractivity contribution in [3.63, 3.8) is 0 Å². The monoisotopic (exact) mass is 766 g/mol. The zero-order chi connectivity index (χ0) is 39.9. The summed E-state index contributed by atoms with van der Waals surface area (Å²) in [6, 6.07) is 5.88. The van der Waals surface area contributed by atoms with E-state index in [0.29, 0.717) is 5.75 Å². The first kappa shape index (κ1) is 41.5. The Kier molecular flexibility index (Phi) is 13.6. The number of methoxy groups -OCH3 is 1. The Morgan fingerprint density at radius 1 is 0.685 bits per heavy atom. The highest BCUT2D eigenvalue weighted by molar-refractivity contribution is 5.89. The Morgan fingerprint density at radius 3 is 1.81 bits per heavy atom. The van der Waals surface area contributed by atoms with E-state index >= 15 is 0 Å². The van der Waals surface area contributed by atoms with Gasteiger partial charge in [0.1, 0.15) is 36.8 Å². The van der Waals surface area contributed by atoms with Gasteiger partial charge in [-0.2, -0.15) is 0 Å². The zero-order valence-corrected chi connectivity index (χ0v) is 30.4. The Labute approximate surface area is 308 Å². The highest BCUT2D eigenvalue weighted by Crippen LogP contribution is 2.50. The van der Waals surface area contributed by atoms with Gasteiger partial charge in [-0.3, -0.25) is 28.8 Å². The summed E-state index contributed by atoms with van der Waals surface area (Å²) in [6.45, 7) is 4.96. The lowest BCUT2D eigenvalue weighted by molar-refractivity contribution is -0.350. The van der Waals surface area contributed by atoms with Crippen LogP contribution in [-0.4, -0.2) is 122 Å². The minimum Gasteiger partial charge on any atom is -0.497 e. The van der Waals surface area contributed by atoms with Crippen LogP contribution in [0.5, 0.6) is 5.75 Å². The van der Waals surface area contributed by atoms with Gasteiger partial charge in [0.2, 0.25) is 12.6 Å². The van der Waals surface area contributed by atoms with Gasteiger partial charge in [0, 0.05) is 47.5 Å². The fraction of sp³-hybridized carbons (Fsp3) is 0.571. The van der Waals surface area contributed by atoms with Crippen molar-refractivity contribution in [1.29, 1.82) is 0 Å². The van der Waals surface area contributed by atoms with Gasteiger partial charge in [-0.25, -0.2) is 4.79 Å². The van der Waals surface area contributed by atoms with E-state index in [4.69, 9.17) is 52.1 Å². The highest BCUT2D eigenvalue weighted by atomic mass is 16.8. The second-order valence-electron chi connectivity index (χ2n) is 12.5. The van der Waals surface area contributed by atoms with Crippen LogP contribution in [0.25, 0.3) is 0 Å². The van der Waals surface area contributed by atoms with Crippen LogP contribution in [0.3, 0.4) is 0 Å². The lowest BCUT2D eigenvalue weighted by atomic mass is 9.83. The summed E-state index contributed by atoms with van der Waals surface area (Å²) in [5.74, 6) is -8.06. The van der Waals surface area contributed by atoms with Crippen LogP contribution in [0.2, 0.25) is 0 Å². The molecule has 54 heavy (non-hydrogen) atoms. The third-order valence-electron chi connectivity index (χ3n) is 8.55. The Hall–Kier alpha value is -5.27. The van der Waals surface area contributed by atoms with Gasteiger partial charge in [0.25, 0.3) is 0 Å². The van der Waals surface area contributed by atoms with E-state index in [1.165, 1.54) is 37.5 Å². The molecule has 0 radical (unpaired) electrons. The maximum Gasteiger partial charge on any atom is 0.338 e. The van der Waals surface area contributed by atoms with Gasteiger partial charge in [-0.05, 0) is 30.3 Å². The van der Waals surface area contributed by atoms with E-state index in [0.717, 1.165) is 47.8 Å². The highest BCUT2D eigenvalue weighted by Gasteiger charge is 2.68. The lowest BCUT2D eigenvalue weighted by Gasteiger charge is -2.46. The SMILES string of the molecule is COc1ccc(C(=O)O[C@H]2[C@@H]3C=CO[C@H](O[C@@H]4O[C@H](COC(C)=O)[C@@H](OC(C)=O)[C@H](OC(C)=O)[C@H]4OC(C)=O)[C@@H]3[C@](O)(COC(C)=O)[C@@H]2OC(C)=O)cc1. The molecule has 1 aromatic rings. The molecule has 2 heterocycles. The molecule has 2 fully saturated rings. The molecule has 2 aliphatic heterocycles. The van der Waals surface area contributed by atoms with Crippen molar-refractivity contribution in [2.45, 2.75) is 96.3 Å². The van der Waals surface area contributed by atoms with Crippen molar-refractivity contribution in [3.05, 3.63) is 42.2 Å². The molecule has 296 valence electrons.